The molecule has 1 amide bonds. The molecule has 0 spiro atoms. The molecule has 8 heteroatoms. The van der Waals surface area contributed by atoms with Crippen molar-refractivity contribution in [2.45, 2.75) is 31.8 Å². The third kappa shape index (κ3) is 3.45. The van der Waals surface area contributed by atoms with E-state index in [1.807, 2.05) is 66.5 Å². The summed E-state index contributed by atoms with van der Waals surface area (Å²) in [4.78, 5) is 20.8. The minimum atomic E-state index is -0.877. The molecule has 2 aromatic heterocycles. The number of aliphatic imine (C=N–C) groups is 1. The number of aromatic nitrogens is 2. The van der Waals surface area contributed by atoms with E-state index >= 15 is 0 Å². The van der Waals surface area contributed by atoms with Crippen LogP contribution in [0.3, 0.4) is 0 Å². The van der Waals surface area contributed by atoms with Gasteiger partial charge < -0.3 is 5.73 Å². The van der Waals surface area contributed by atoms with Crippen molar-refractivity contribution < 1.29 is 4.79 Å². The lowest BCUT2D eigenvalue weighted by Crippen LogP contribution is -2.52. The number of nitrogens with zero attached hydrogens (tertiary/aromatic N) is 5. The Kier molecular flexibility index (Phi) is 5.22. The van der Waals surface area contributed by atoms with Crippen LogP contribution in [0.4, 0.5) is 0 Å². The van der Waals surface area contributed by atoms with Crippen LogP contribution in [0.5, 0.6) is 0 Å². The highest BCUT2D eigenvalue weighted by atomic mass is 32.1. The van der Waals surface area contributed by atoms with Crippen LogP contribution in [0, 0.1) is 11.3 Å². The van der Waals surface area contributed by atoms with E-state index in [4.69, 9.17) is 10.7 Å². The average molecular weight is 469 g/mol. The van der Waals surface area contributed by atoms with Gasteiger partial charge in [0.25, 0.3) is 0 Å². The Labute approximate surface area is 201 Å². The summed E-state index contributed by atoms with van der Waals surface area (Å²) in [7, 11) is 1.66. The van der Waals surface area contributed by atoms with E-state index in [2.05, 4.69) is 17.2 Å². The molecule has 0 fully saturated rings. The van der Waals surface area contributed by atoms with Gasteiger partial charge in [-0.15, -0.1) is 11.3 Å². The molecule has 34 heavy (non-hydrogen) atoms. The highest BCUT2D eigenvalue weighted by Crippen LogP contribution is 2.47. The summed E-state index contributed by atoms with van der Waals surface area (Å²) in [6, 6.07) is 17.7. The number of hydrogen-bond donors (Lipinski definition) is 1. The van der Waals surface area contributed by atoms with Crippen molar-refractivity contribution in [2.75, 3.05) is 7.05 Å². The SMILES string of the molecule is CCn1cc2cc([C@@H]3C(=O)N(C)C(N)=N[C@]3(C)c3cc(-c4cccc(C#N)c4)cs3)ccc2n1. The molecule has 2 atom stereocenters. The summed E-state index contributed by atoms with van der Waals surface area (Å²) >= 11 is 1.55. The van der Waals surface area contributed by atoms with Crippen LogP contribution in [-0.4, -0.2) is 33.6 Å². The maximum absolute atomic E-state index is 13.6. The van der Waals surface area contributed by atoms with Gasteiger partial charge in [-0.25, -0.2) is 4.99 Å². The Hall–Kier alpha value is -3.96. The molecule has 170 valence electrons. The Morgan fingerprint density at radius 1 is 1.21 bits per heavy atom. The lowest BCUT2D eigenvalue weighted by Gasteiger charge is -2.40. The minimum absolute atomic E-state index is 0.0985. The van der Waals surface area contributed by atoms with Gasteiger partial charge in [-0.1, -0.05) is 18.2 Å². The molecule has 0 saturated carbocycles. The summed E-state index contributed by atoms with van der Waals surface area (Å²) in [6.07, 6.45) is 2.00. The monoisotopic (exact) mass is 468 g/mol. The van der Waals surface area contributed by atoms with E-state index in [-0.39, 0.29) is 11.9 Å². The molecule has 1 aliphatic rings. The Morgan fingerprint density at radius 3 is 2.79 bits per heavy atom. The van der Waals surface area contributed by atoms with Gasteiger partial charge in [0, 0.05) is 30.1 Å². The number of nitriles is 1. The van der Waals surface area contributed by atoms with E-state index in [1.54, 1.807) is 24.5 Å². The number of nitrogens with two attached hydrogens (primary N) is 1. The molecule has 0 saturated heterocycles. The normalized spacial score (nSPS) is 20.4. The topological polar surface area (TPSA) is 100 Å². The van der Waals surface area contributed by atoms with Crippen molar-refractivity contribution in [3.8, 4) is 17.2 Å². The fourth-order valence-electron chi connectivity index (χ4n) is 4.55. The number of carbonyl (C=O) groups excluding carboxylic acids is 1. The molecule has 1 aliphatic heterocycles. The van der Waals surface area contributed by atoms with Gasteiger partial charge in [0.05, 0.1) is 23.1 Å². The number of rotatable bonds is 4. The van der Waals surface area contributed by atoms with Crippen molar-refractivity contribution in [1.29, 1.82) is 5.26 Å². The number of hydrogen-bond acceptors (Lipinski definition) is 6. The molecule has 0 radical (unpaired) electrons. The van der Waals surface area contributed by atoms with Crippen LogP contribution >= 0.6 is 11.3 Å². The zero-order valence-electron chi connectivity index (χ0n) is 19.2. The molecule has 2 aromatic carbocycles. The van der Waals surface area contributed by atoms with Crippen molar-refractivity contribution in [1.82, 2.24) is 14.7 Å². The number of aryl methyl sites for hydroxylation is 1. The van der Waals surface area contributed by atoms with E-state index in [1.165, 1.54) is 4.90 Å². The van der Waals surface area contributed by atoms with Crippen LogP contribution < -0.4 is 5.73 Å². The summed E-state index contributed by atoms with van der Waals surface area (Å²) < 4.78 is 1.89. The Morgan fingerprint density at radius 2 is 2.03 bits per heavy atom. The largest absolute Gasteiger partial charge is 0.369 e. The van der Waals surface area contributed by atoms with Crippen LogP contribution in [0.1, 0.15) is 35.8 Å². The highest BCUT2D eigenvalue weighted by Gasteiger charge is 2.48. The molecular weight excluding hydrogens is 444 g/mol. The molecule has 4 aromatic rings. The van der Waals surface area contributed by atoms with Crippen molar-refractivity contribution in [3.05, 3.63) is 76.1 Å². The van der Waals surface area contributed by atoms with E-state index in [0.29, 0.717) is 5.56 Å². The number of amides is 1. The first-order valence-corrected chi connectivity index (χ1v) is 11.9. The fraction of sp³-hybridized carbons (Fsp3) is 0.231. The van der Waals surface area contributed by atoms with Gasteiger partial charge >= 0.3 is 0 Å². The van der Waals surface area contributed by atoms with Gasteiger partial charge in [0.2, 0.25) is 5.91 Å². The molecule has 7 nitrogen and oxygen atoms in total. The molecule has 2 N–H and O–H groups in total. The van der Waals surface area contributed by atoms with E-state index in [0.717, 1.165) is 39.0 Å². The average Bonchev–Trinajstić information content (AvgIpc) is 3.50. The second-order valence-electron chi connectivity index (χ2n) is 8.64. The van der Waals surface area contributed by atoms with Crippen LogP contribution in [0.25, 0.3) is 22.0 Å². The number of carbonyl (C=O) groups is 1. The number of benzene rings is 2. The Bertz CT molecular complexity index is 1490. The highest BCUT2D eigenvalue weighted by molar-refractivity contribution is 7.10. The number of guanidine groups is 1. The molecule has 0 aliphatic carbocycles. The quantitative estimate of drug-likeness (QED) is 0.478. The smallest absolute Gasteiger partial charge is 0.239 e. The minimum Gasteiger partial charge on any atom is -0.369 e. The third-order valence-corrected chi connectivity index (χ3v) is 7.64. The number of likely N-dealkylation sites (N-methyl/N-ethyl adjacent to an activating group) is 1. The Balaban J connectivity index is 1.63. The maximum atomic E-state index is 13.6. The van der Waals surface area contributed by atoms with Gasteiger partial charge in [-0.2, -0.15) is 10.4 Å². The third-order valence-electron chi connectivity index (χ3n) is 6.49. The van der Waals surface area contributed by atoms with E-state index < -0.39 is 11.5 Å². The van der Waals surface area contributed by atoms with Crippen LogP contribution in [0.2, 0.25) is 0 Å². The first kappa shape index (κ1) is 21.9. The number of fused-ring (bicyclic) bond motifs is 1. The van der Waals surface area contributed by atoms with Crippen molar-refractivity contribution >= 4 is 34.1 Å². The van der Waals surface area contributed by atoms with Gasteiger partial charge in [0.15, 0.2) is 5.96 Å². The summed E-state index contributed by atoms with van der Waals surface area (Å²) in [5, 5.41) is 16.9. The predicted molar refractivity (Wildman–Crippen MR) is 134 cm³/mol. The van der Waals surface area contributed by atoms with Crippen molar-refractivity contribution in [3.63, 3.8) is 0 Å². The summed E-state index contributed by atoms with van der Waals surface area (Å²) in [6.45, 7) is 4.79. The number of thiophene rings is 1. The lowest BCUT2D eigenvalue weighted by atomic mass is 9.77. The standard InChI is InChI=1S/C26H24N6OS/c1-4-32-14-19-11-18(8-9-21(19)30-32)23-24(33)31(3)25(28)29-26(23,2)22-12-20(15-34-22)17-7-5-6-16(10-17)13-27/h5-12,14-15,23H,4H2,1-3H3,(H2,28,29)/t23-,26-/m1/s1. The lowest BCUT2D eigenvalue weighted by molar-refractivity contribution is -0.130. The maximum Gasteiger partial charge on any atom is 0.239 e. The second kappa shape index (κ2) is 8.12. The van der Waals surface area contributed by atoms with Crippen molar-refractivity contribution in [2.24, 2.45) is 10.7 Å². The first-order valence-electron chi connectivity index (χ1n) is 11.0. The zero-order chi connectivity index (χ0) is 24.0. The predicted octanol–water partition coefficient (Wildman–Crippen LogP) is 4.44. The molecule has 0 unspecified atom stereocenters. The van der Waals surface area contributed by atoms with Gasteiger partial charge in [-0.05, 0) is 66.2 Å². The van der Waals surface area contributed by atoms with Crippen LogP contribution in [0.15, 0.2) is 65.1 Å². The summed E-state index contributed by atoms with van der Waals surface area (Å²) in [5.41, 5.74) is 9.63. The molecular formula is C26H24N6OS. The first-order chi connectivity index (χ1) is 16.3. The van der Waals surface area contributed by atoms with Gasteiger partial charge in [-0.3, -0.25) is 14.4 Å². The summed E-state index contributed by atoms with van der Waals surface area (Å²) in [5.74, 6) is -0.445. The fourth-order valence-corrected chi connectivity index (χ4v) is 5.60. The molecule has 0 bridgehead atoms. The zero-order valence-corrected chi connectivity index (χ0v) is 20.0. The molecule has 5 rings (SSSR count). The molecule has 3 heterocycles. The van der Waals surface area contributed by atoms with Crippen LogP contribution in [-0.2, 0) is 16.9 Å². The van der Waals surface area contributed by atoms with E-state index in [9.17, 15) is 10.1 Å². The second-order valence-corrected chi connectivity index (χ2v) is 9.55. The van der Waals surface area contributed by atoms with Gasteiger partial charge in [0.1, 0.15) is 5.54 Å².